The van der Waals surface area contributed by atoms with Crippen molar-refractivity contribution in [1.82, 2.24) is 0 Å². The van der Waals surface area contributed by atoms with E-state index >= 15 is 0 Å². The third kappa shape index (κ3) is 10.9. The second-order valence-corrected chi connectivity index (χ2v) is 0.724. The zero-order valence-electron chi connectivity index (χ0n) is 3.36. The van der Waals surface area contributed by atoms with Crippen molar-refractivity contribution < 1.29 is 46.9 Å². The molecule has 0 aromatic rings. The number of hydrogen-bond acceptors (Lipinski definition) is 1. The normalized spacial score (nSPS) is 6.00. The summed E-state index contributed by atoms with van der Waals surface area (Å²) in [5, 5.41) is 7.88. The van der Waals surface area contributed by atoms with E-state index in [0.29, 0.717) is 6.61 Å². The molecule has 0 aromatic heterocycles. The topological polar surface area (TPSA) is 20.2 Å². The number of aliphatic hydroxyl groups is 1. The van der Waals surface area contributed by atoms with Crippen LogP contribution in [0.25, 0.3) is 0 Å². The number of hydrogen-bond donors (Lipinski definition) is 1. The van der Waals surface area contributed by atoms with Crippen LogP contribution in [-0.2, 0) is 0 Å². The Labute approximate surface area is 66.1 Å². The van der Waals surface area contributed by atoms with Crippen molar-refractivity contribution in [1.29, 1.82) is 0 Å². The van der Waals surface area contributed by atoms with Gasteiger partial charge in [-0.1, -0.05) is 6.92 Å². The van der Waals surface area contributed by atoms with Crippen molar-refractivity contribution in [2.45, 2.75) is 13.3 Å². The van der Waals surface area contributed by atoms with Gasteiger partial charge in [0, 0.05) is 48.4 Å². The van der Waals surface area contributed by atoms with E-state index in [4.69, 9.17) is 5.11 Å². The Morgan fingerprint density at radius 3 is 1.80 bits per heavy atom. The second-order valence-electron chi connectivity index (χ2n) is 0.724. The van der Waals surface area contributed by atoms with E-state index in [-0.39, 0.29) is 41.7 Å². The standard InChI is InChI=1S/C3H8O.Ce/c1-2-3-4;/h4H,2-3H2,1H3;. The van der Waals surface area contributed by atoms with Gasteiger partial charge >= 0.3 is 0 Å². The Morgan fingerprint density at radius 2 is 1.80 bits per heavy atom. The first-order chi connectivity index (χ1) is 1.91. The van der Waals surface area contributed by atoms with Gasteiger partial charge in [-0.2, -0.15) is 0 Å². The van der Waals surface area contributed by atoms with E-state index < -0.39 is 0 Å². The minimum absolute atomic E-state index is 0. The zero-order valence-corrected chi connectivity index (χ0v) is 6.50. The Morgan fingerprint density at radius 1 is 1.60 bits per heavy atom. The fourth-order valence-corrected chi connectivity index (χ4v) is 0. The maximum atomic E-state index is 7.88. The van der Waals surface area contributed by atoms with Gasteiger partial charge < -0.3 is 5.11 Å². The summed E-state index contributed by atoms with van der Waals surface area (Å²) >= 11 is 0. The first-order valence-corrected chi connectivity index (χ1v) is 1.52. The third-order valence-electron chi connectivity index (χ3n) is 0.224. The van der Waals surface area contributed by atoms with Gasteiger partial charge in [0.25, 0.3) is 0 Å². The quantitative estimate of drug-likeness (QED) is 0.649. The third-order valence-corrected chi connectivity index (χ3v) is 0.224. The van der Waals surface area contributed by atoms with Gasteiger partial charge in [0.1, 0.15) is 0 Å². The SMILES string of the molecule is CCCO.[Ce]. The average molecular weight is 200 g/mol. The largest absolute Gasteiger partial charge is 0.396 e. The zero-order chi connectivity index (χ0) is 3.41. The summed E-state index contributed by atoms with van der Waals surface area (Å²) in [5.74, 6) is 0. The molecule has 0 radical (unpaired) electrons. The number of aliphatic hydroxyl groups excluding tert-OH is 1. The van der Waals surface area contributed by atoms with Crippen LogP contribution in [-0.4, -0.2) is 11.7 Å². The second kappa shape index (κ2) is 9.01. The van der Waals surface area contributed by atoms with Gasteiger partial charge in [0.05, 0.1) is 0 Å². The van der Waals surface area contributed by atoms with E-state index in [1.807, 2.05) is 6.92 Å². The predicted molar refractivity (Wildman–Crippen MR) is 17.4 cm³/mol. The van der Waals surface area contributed by atoms with Crippen LogP contribution in [0.4, 0.5) is 0 Å². The molecule has 30 valence electrons. The summed E-state index contributed by atoms with van der Waals surface area (Å²) in [6, 6.07) is 0. The van der Waals surface area contributed by atoms with E-state index in [1.165, 1.54) is 0 Å². The van der Waals surface area contributed by atoms with Crippen molar-refractivity contribution in [2.24, 2.45) is 0 Å². The van der Waals surface area contributed by atoms with Crippen LogP contribution < -0.4 is 0 Å². The van der Waals surface area contributed by atoms with Crippen LogP contribution in [0.5, 0.6) is 0 Å². The van der Waals surface area contributed by atoms with Gasteiger partial charge in [-0.15, -0.1) is 0 Å². The fourth-order valence-electron chi connectivity index (χ4n) is 0. The van der Waals surface area contributed by atoms with Crippen molar-refractivity contribution in [3.8, 4) is 0 Å². The van der Waals surface area contributed by atoms with Crippen LogP contribution in [0.1, 0.15) is 13.3 Å². The molecule has 0 saturated heterocycles. The summed E-state index contributed by atoms with van der Waals surface area (Å²) in [6.45, 7) is 2.25. The van der Waals surface area contributed by atoms with E-state index in [0.717, 1.165) is 6.42 Å². The molecular formula is C3H8CeO. The van der Waals surface area contributed by atoms with Gasteiger partial charge in [0.2, 0.25) is 0 Å². The molecule has 5 heavy (non-hydrogen) atoms. The first kappa shape index (κ1) is 9.60. The maximum Gasteiger partial charge on any atom is 0.0428 e. The van der Waals surface area contributed by atoms with E-state index in [2.05, 4.69) is 0 Å². The summed E-state index contributed by atoms with van der Waals surface area (Å²) < 4.78 is 0. The molecule has 0 fully saturated rings. The van der Waals surface area contributed by atoms with E-state index in [9.17, 15) is 0 Å². The molecule has 0 aliphatic rings. The van der Waals surface area contributed by atoms with Crippen LogP contribution in [0.3, 0.4) is 0 Å². The van der Waals surface area contributed by atoms with E-state index in [1.54, 1.807) is 0 Å². The molecule has 0 amide bonds. The summed E-state index contributed by atoms with van der Waals surface area (Å²) in [7, 11) is 0. The molecule has 0 saturated carbocycles. The van der Waals surface area contributed by atoms with Crippen LogP contribution in [0.15, 0.2) is 0 Å². The molecule has 0 aromatic carbocycles. The molecule has 0 aliphatic heterocycles. The molecule has 0 rings (SSSR count). The van der Waals surface area contributed by atoms with Gasteiger partial charge in [-0.05, 0) is 6.42 Å². The smallest absolute Gasteiger partial charge is 0.0428 e. The Balaban J connectivity index is 0. The van der Waals surface area contributed by atoms with Crippen LogP contribution in [0.2, 0.25) is 0 Å². The van der Waals surface area contributed by atoms with Crippen molar-refractivity contribution in [3.63, 3.8) is 0 Å². The van der Waals surface area contributed by atoms with Crippen molar-refractivity contribution in [3.05, 3.63) is 0 Å². The molecule has 0 atom stereocenters. The molecule has 1 N–H and O–H groups in total. The molecule has 0 bridgehead atoms. The molecule has 0 heterocycles. The first-order valence-electron chi connectivity index (χ1n) is 1.52. The molecular weight excluding hydrogens is 192 g/mol. The van der Waals surface area contributed by atoms with Gasteiger partial charge in [-0.3, -0.25) is 0 Å². The van der Waals surface area contributed by atoms with Crippen molar-refractivity contribution >= 4 is 0 Å². The minimum atomic E-state index is 0. The van der Waals surface area contributed by atoms with Crippen LogP contribution in [0, 0.1) is 41.7 Å². The predicted octanol–water partition coefficient (Wildman–Crippen LogP) is 0.389. The van der Waals surface area contributed by atoms with Crippen LogP contribution >= 0.6 is 0 Å². The minimum Gasteiger partial charge on any atom is -0.396 e. The van der Waals surface area contributed by atoms with Crippen molar-refractivity contribution in [2.75, 3.05) is 6.61 Å². The summed E-state index contributed by atoms with van der Waals surface area (Å²) in [5.41, 5.74) is 0. The maximum absolute atomic E-state index is 7.88. The Bertz CT molecular complexity index is 8.85. The molecule has 0 aliphatic carbocycles. The Hall–Kier alpha value is 1.34. The van der Waals surface area contributed by atoms with Gasteiger partial charge in [0.15, 0.2) is 0 Å². The monoisotopic (exact) mass is 200 g/mol. The summed E-state index contributed by atoms with van der Waals surface area (Å²) in [6.07, 6.45) is 0.875. The molecule has 2 heteroatoms. The number of rotatable bonds is 1. The molecule has 0 spiro atoms. The fraction of sp³-hybridized carbons (Fsp3) is 1.00. The molecule has 0 unspecified atom stereocenters. The summed E-state index contributed by atoms with van der Waals surface area (Å²) in [4.78, 5) is 0. The molecule has 1 nitrogen and oxygen atoms in total. The Kier molecular flexibility index (Phi) is 17.3. The average Bonchev–Trinajstić information content (AvgIpc) is 1.37. The van der Waals surface area contributed by atoms with Gasteiger partial charge in [-0.25, -0.2) is 0 Å².